The average molecular weight is 497 g/mol. The fraction of sp³-hybridized carbons (Fsp3) is 0.280. The van der Waals surface area contributed by atoms with Gasteiger partial charge in [0.15, 0.2) is 11.7 Å². The fourth-order valence-corrected chi connectivity index (χ4v) is 5.70. The lowest BCUT2D eigenvalue weighted by molar-refractivity contribution is -0.147. The van der Waals surface area contributed by atoms with Crippen LogP contribution in [0.15, 0.2) is 59.5 Å². The maximum Gasteiger partial charge on any atom is 0.350 e. The van der Waals surface area contributed by atoms with Gasteiger partial charge in [-0.15, -0.1) is 11.8 Å². The van der Waals surface area contributed by atoms with Crippen LogP contribution in [0.4, 0.5) is 5.13 Å². The molecule has 1 aliphatic rings. The lowest BCUT2D eigenvalue weighted by Crippen LogP contribution is -2.35. The molecular weight excluding hydrogens is 472 g/mol. The zero-order valence-electron chi connectivity index (χ0n) is 18.9. The lowest BCUT2D eigenvalue weighted by Gasteiger charge is -2.20. The number of amides is 1. The molecule has 0 bridgehead atoms. The first-order chi connectivity index (χ1) is 16.5. The van der Waals surface area contributed by atoms with E-state index in [0.717, 1.165) is 27.4 Å². The van der Waals surface area contributed by atoms with Crippen molar-refractivity contribution < 1.29 is 23.9 Å². The summed E-state index contributed by atoms with van der Waals surface area (Å²) in [5, 5.41) is -0.0154. The Morgan fingerprint density at radius 1 is 1.06 bits per heavy atom. The Balaban J connectivity index is 1.48. The van der Waals surface area contributed by atoms with Crippen LogP contribution in [0.2, 0.25) is 0 Å². The van der Waals surface area contributed by atoms with Crippen molar-refractivity contribution in [3.8, 4) is 0 Å². The van der Waals surface area contributed by atoms with E-state index in [1.165, 1.54) is 16.7 Å². The molecule has 2 aromatic carbocycles. The quantitative estimate of drug-likeness (QED) is 0.427. The van der Waals surface area contributed by atoms with Crippen molar-refractivity contribution in [2.45, 2.75) is 37.0 Å². The van der Waals surface area contributed by atoms with E-state index in [9.17, 15) is 14.4 Å². The van der Waals surface area contributed by atoms with Crippen molar-refractivity contribution in [3.05, 3.63) is 76.3 Å². The number of esters is 2. The molecule has 0 saturated heterocycles. The number of fused-ring (bicyclic) bond motifs is 1. The zero-order chi connectivity index (χ0) is 24.1. The van der Waals surface area contributed by atoms with E-state index in [2.05, 4.69) is 4.98 Å². The molecule has 0 radical (unpaired) electrons. The topological polar surface area (TPSA) is 85.8 Å². The summed E-state index contributed by atoms with van der Waals surface area (Å²) in [5.41, 5.74) is 2.48. The van der Waals surface area contributed by atoms with Gasteiger partial charge >= 0.3 is 11.9 Å². The normalized spacial score (nSPS) is 14.4. The first-order valence-electron chi connectivity index (χ1n) is 10.9. The van der Waals surface area contributed by atoms with Crippen molar-refractivity contribution in [1.29, 1.82) is 0 Å². The molecule has 34 heavy (non-hydrogen) atoms. The van der Waals surface area contributed by atoms with Crippen LogP contribution in [0.3, 0.4) is 0 Å². The van der Waals surface area contributed by atoms with Gasteiger partial charge < -0.3 is 9.47 Å². The van der Waals surface area contributed by atoms with Gasteiger partial charge in [0.25, 0.3) is 5.91 Å². The number of carbonyl (C=O) groups excluding carboxylic acids is 3. The summed E-state index contributed by atoms with van der Waals surface area (Å²) in [6.45, 7) is 3.50. The second kappa shape index (κ2) is 10.8. The predicted molar refractivity (Wildman–Crippen MR) is 131 cm³/mol. The number of thioether (sulfide) groups is 1. The SMILES string of the molecule is CCOC(=O)c1sc(N(Cc2ccccc2)C(=O)COC(=O)[C@H]2Cc3ccccc3S2)nc1C. The van der Waals surface area contributed by atoms with Crippen LogP contribution < -0.4 is 4.90 Å². The third kappa shape index (κ3) is 5.48. The highest BCUT2D eigenvalue weighted by Gasteiger charge is 2.31. The molecule has 176 valence electrons. The molecule has 0 fully saturated rings. The number of aromatic nitrogens is 1. The van der Waals surface area contributed by atoms with Crippen molar-refractivity contribution in [3.63, 3.8) is 0 Å². The van der Waals surface area contributed by atoms with E-state index in [0.29, 0.717) is 22.1 Å². The number of aryl methyl sites for hydroxylation is 1. The van der Waals surface area contributed by atoms with Gasteiger partial charge in [-0.1, -0.05) is 59.9 Å². The summed E-state index contributed by atoms with van der Waals surface area (Å²) < 4.78 is 10.5. The fourth-order valence-electron chi connectivity index (χ4n) is 3.53. The number of carbonyl (C=O) groups is 3. The van der Waals surface area contributed by atoms with Crippen LogP contribution >= 0.6 is 23.1 Å². The summed E-state index contributed by atoms with van der Waals surface area (Å²) in [6, 6.07) is 17.3. The molecule has 0 aliphatic carbocycles. The van der Waals surface area contributed by atoms with E-state index < -0.39 is 24.5 Å². The number of ether oxygens (including phenoxy) is 2. The molecule has 1 aliphatic heterocycles. The van der Waals surface area contributed by atoms with Gasteiger partial charge in [-0.2, -0.15) is 0 Å². The number of thiazole rings is 1. The minimum Gasteiger partial charge on any atom is -0.462 e. The Labute approximate surface area is 206 Å². The number of hydrogen-bond acceptors (Lipinski definition) is 8. The van der Waals surface area contributed by atoms with Gasteiger partial charge in [-0.05, 0) is 37.5 Å². The maximum absolute atomic E-state index is 13.2. The smallest absolute Gasteiger partial charge is 0.350 e. The Morgan fingerprint density at radius 2 is 1.79 bits per heavy atom. The average Bonchev–Trinajstić information content (AvgIpc) is 3.45. The van der Waals surface area contributed by atoms with Gasteiger partial charge in [0.2, 0.25) is 0 Å². The summed E-state index contributed by atoms with van der Waals surface area (Å²) in [7, 11) is 0. The van der Waals surface area contributed by atoms with E-state index in [1.54, 1.807) is 13.8 Å². The first kappa shape index (κ1) is 24.0. The van der Waals surface area contributed by atoms with Gasteiger partial charge in [0, 0.05) is 4.90 Å². The Kier molecular flexibility index (Phi) is 7.64. The third-order valence-electron chi connectivity index (χ3n) is 5.21. The molecule has 4 rings (SSSR count). The number of nitrogens with zero attached hydrogens (tertiary/aromatic N) is 2. The number of anilines is 1. The molecule has 0 saturated carbocycles. The highest BCUT2D eigenvalue weighted by atomic mass is 32.2. The monoisotopic (exact) mass is 496 g/mol. The van der Waals surface area contributed by atoms with E-state index >= 15 is 0 Å². The van der Waals surface area contributed by atoms with E-state index in [1.807, 2.05) is 54.6 Å². The van der Waals surface area contributed by atoms with Crippen LogP contribution in [-0.4, -0.2) is 41.3 Å². The predicted octanol–water partition coefficient (Wildman–Crippen LogP) is 4.42. The molecular formula is C25H24N2O5S2. The first-order valence-corrected chi connectivity index (χ1v) is 12.6. The summed E-state index contributed by atoms with van der Waals surface area (Å²) in [6.07, 6.45) is 0.580. The summed E-state index contributed by atoms with van der Waals surface area (Å²) in [4.78, 5) is 45.4. The molecule has 1 atom stereocenters. The van der Waals surface area contributed by atoms with Crippen molar-refractivity contribution in [2.75, 3.05) is 18.1 Å². The van der Waals surface area contributed by atoms with Crippen molar-refractivity contribution in [1.82, 2.24) is 4.98 Å². The highest BCUT2D eigenvalue weighted by Crippen LogP contribution is 2.37. The number of hydrogen-bond donors (Lipinski definition) is 0. The van der Waals surface area contributed by atoms with Crippen LogP contribution in [0.1, 0.15) is 33.4 Å². The van der Waals surface area contributed by atoms with Crippen LogP contribution in [0.5, 0.6) is 0 Å². The third-order valence-corrected chi connectivity index (χ3v) is 7.67. The van der Waals surface area contributed by atoms with Gasteiger partial charge in [0.05, 0.1) is 18.8 Å². The largest absolute Gasteiger partial charge is 0.462 e. The molecule has 0 N–H and O–H groups in total. The number of benzene rings is 2. The Morgan fingerprint density at radius 3 is 2.53 bits per heavy atom. The minimum absolute atomic E-state index is 0.232. The van der Waals surface area contributed by atoms with Gasteiger partial charge in [-0.3, -0.25) is 14.5 Å². The van der Waals surface area contributed by atoms with E-state index in [-0.39, 0.29) is 18.4 Å². The molecule has 7 nitrogen and oxygen atoms in total. The Bertz CT molecular complexity index is 1170. The van der Waals surface area contributed by atoms with E-state index in [4.69, 9.17) is 9.47 Å². The summed E-state index contributed by atoms with van der Waals surface area (Å²) >= 11 is 2.54. The molecule has 3 aromatic rings. The lowest BCUT2D eigenvalue weighted by atomic mass is 10.1. The standard InChI is InChI=1S/C25H24N2O5S2/c1-3-31-24(30)22-16(2)26-25(34-22)27(14-17-9-5-4-6-10-17)21(28)15-32-23(29)20-13-18-11-7-8-12-19(18)33-20/h4-12,20H,3,13-15H2,1-2H3/t20-/m1/s1. The molecule has 0 spiro atoms. The van der Waals surface area contributed by atoms with Crippen LogP contribution in [0, 0.1) is 6.92 Å². The maximum atomic E-state index is 13.2. The van der Waals surface area contributed by atoms with Crippen molar-refractivity contribution in [2.24, 2.45) is 0 Å². The van der Waals surface area contributed by atoms with Crippen LogP contribution in [-0.2, 0) is 32.0 Å². The zero-order valence-corrected chi connectivity index (χ0v) is 20.5. The van der Waals surface area contributed by atoms with Gasteiger partial charge in [-0.25, -0.2) is 9.78 Å². The number of rotatable bonds is 8. The highest BCUT2D eigenvalue weighted by molar-refractivity contribution is 8.01. The molecule has 1 aromatic heterocycles. The van der Waals surface area contributed by atoms with Crippen LogP contribution in [0.25, 0.3) is 0 Å². The molecule has 9 heteroatoms. The second-order valence-corrected chi connectivity index (χ2v) is 9.85. The Hall–Kier alpha value is -3.17. The minimum atomic E-state index is -0.472. The molecule has 0 unspecified atom stereocenters. The van der Waals surface area contributed by atoms with Crippen molar-refractivity contribution >= 4 is 46.1 Å². The molecule has 1 amide bonds. The second-order valence-electron chi connectivity index (χ2n) is 7.62. The summed E-state index contributed by atoms with van der Waals surface area (Å²) in [5.74, 6) is -1.31. The molecule has 2 heterocycles. The van der Waals surface area contributed by atoms with Gasteiger partial charge in [0.1, 0.15) is 10.1 Å².